The number of anilines is 1. The van der Waals surface area contributed by atoms with Crippen molar-refractivity contribution in [2.45, 2.75) is 32.0 Å². The monoisotopic (exact) mass is 548 g/mol. The van der Waals surface area contributed by atoms with Gasteiger partial charge in [-0.05, 0) is 61.4 Å². The van der Waals surface area contributed by atoms with Gasteiger partial charge in [-0.15, -0.1) is 0 Å². The molecular formula is C30H40N6O4. The van der Waals surface area contributed by atoms with Crippen LogP contribution >= 0.6 is 0 Å². The van der Waals surface area contributed by atoms with Gasteiger partial charge in [-0.2, -0.15) is 0 Å². The number of aliphatic hydroxyl groups excluding tert-OH is 1. The molecule has 214 valence electrons. The highest BCUT2D eigenvalue weighted by atomic mass is 16.5. The second-order valence-corrected chi connectivity index (χ2v) is 10.2. The highest BCUT2D eigenvalue weighted by molar-refractivity contribution is 5.73. The molecule has 1 aromatic heterocycles. The number of nitrogens with zero attached hydrogens (tertiary/aromatic N) is 4. The predicted octanol–water partition coefficient (Wildman–Crippen LogP) is 1.89. The molecule has 0 spiro atoms. The minimum absolute atomic E-state index is 0.317. The summed E-state index contributed by atoms with van der Waals surface area (Å²) in [6.45, 7) is 5.29. The molecular weight excluding hydrogens is 508 g/mol. The number of aromatic nitrogens is 2. The molecule has 1 fully saturated rings. The molecule has 1 aliphatic heterocycles. The topological polar surface area (TPSA) is 137 Å². The predicted molar refractivity (Wildman–Crippen MR) is 155 cm³/mol. The fraction of sp³-hybridized carbons (Fsp3) is 0.433. The van der Waals surface area contributed by atoms with Crippen LogP contribution in [0.1, 0.15) is 28.9 Å². The van der Waals surface area contributed by atoms with Crippen molar-refractivity contribution in [1.82, 2.24) is 20.2 Å². The van der Waals surface area contributed by atoms with Crippen LogP contribution in [0, 0.1) is 0 Å². The van der Waals surface area contributed by atoms with Crippen molar-refractivity contribution in [3.8, 4) is 11.3 Å². The number of aliphatic carboxylic acids is 1. The molecule has 10 nitrogen and oxygen atoms in total. The number of nitrogens with two attached hydrogens (primary N) is 1. The molecule has 40 heavy (non-hydrogen) atoms. The lowest BCUT2D eigenvalue weighted by Gasteiger charge is -2.29. The van der Waals surface area contributed by atoms with Crippen LogP contribution < -0.4 is 16.0 Å². The highest BCUT2D eigenvalue weighted by Gasteiger charge is 2.17. The summed E-state index contributed by atoms with van der Waals surface area (Å²) in [7, 11) is 2.10. The van der Waals surface area contributed by atoms with Crippen molar-refractivity contribution in [3.05, 3.63) is 77.2 Å². The normalized spacial score (nSPS) is 14.4. The van der Waals surface area contributed by atoms with E-state index in [4.69, 9.17) is 15.5 Å². The molecule has 2 heterocycles. The molecule has 0 amide bonds. The maximum atomic E-state index is 11.4. The van der Waals surface area contributed by atoms with Gasteiger partial charge in [-0.1, -0.05) is 30.3 Å². The van der Waals surface area contributed by atoms with Crippen LogP contribution in [0.3, 0.4) is 0 Å². The average Bonchev–Trinajstić information content (AvgIpc) is 2.97. The fourth-order valence-electron chi connectivity index (χ4n) is 4.78. The molecule has 0 radical (unpaired) electrons. The Balaban J connectivity index is 1.51. The van der Waals surface area contributed by atoms with Crippen molar-refractivity contribution in [2.24, 2.45) is 5.73 Å². The van der Waals surface area contributed by atoms with Gasteiger partial charge in [0.1, 0.15) is 11.9 Å². The van der Waals surface area contributed by atoms with Crippen molar-refractivity contribution < 1.29 is 19.7 Å². The Labute approximate surface area is 235 Å². The van der Waals surface area contributed by atoms with Crippen molar-refractivity contribution in [2.75, 3.05) is 57.9 Å². The lowest BCUT2D eigenvalue weighted by molar-refractivity contribution is -0.140. The van der Waals surface area contributed by atoms with Gasteiger partial charge in [-0.25, -0.2) is 9.97 Å². The summed E-state index contributed by atoms with van der Waals surface area (Å²) in [6.07, 6.45) is 3.31. The second kappa shape index (κ2) is 14.8. The SMILES string of the molecule is CN(CCCN)Cc1ccc(-c2ccnc(Cc3cc(CNC(CO)C(=O)O)cc(N4CCOCC4)c3)n2)cc1. The fourth-order valence-corrected chi connectivity index (χ4v) is 4.78. The van der Waals surface area contributed by atoms with Crippen LogP contribution in [0.5, 0.6) is 0 Å². The summed E-state index contributed by atoms with van der Waals surface area (Å²) in [5, 5.41) is 21.6. The first-order valence-electron chi connectivity index (χ1n) is 13.8. The van der Waals surface area contributed by atoms with Crippen LogP contribution in [0.15, 0.2) is 54.7 Å². The molecule has 0 bridgehead atoms. The summed E-state index contributed by atoms with van der Waals surface area (Å²) in [5.74, 6) is -0.371. The van der Waals surface area contributed by atoms with Gasteiger partial charge in [0, 0.05) is 50.0 Å². The molecule has 1 aliphatic rings. The standard InChI is InChI=1S/C30H40N6O4/c1-35(10-2-8-31)20-22-3-5-25(6-4-22)27-7-9-32-29(34-27)18-23-15-24(19-33-28(21-37)30(38)39)17-26(16-23)36-11-13-40-14-12-36/h3-7,9,15-17,28,33,37H,2,8,10-14,18-21,31H2,1H3,(H,38,39). The molecule has 2 aromatic carbocycles. The van der Waals surface area contributed by atoms with E-state index in [2.05, 4.69) is 63.5 Å². The molecule has 0 saturated carbocycles. The number of ether oxygens (including phenoxy) is 1. The number of carbonyl (C=O) groups is 1. The van der Waals surface area contributed by atoms with Gasteiger partial charge in [0.15, 0.2) is 0 Å². The molecule has 5 N–H and O–H groups in total. The number of nitrogens with one attached hydrogen (secondary N) is 1. The third-order valence-electron chi connectivity index (χ3n) is 6.96. The summed E-state index contributed by atoms with van der Waals surface area (Å²) >= 11 is 0. The maximum Gasteiger partial charge on any atom is 0.323 e. The van der Waals surface area contributed by atoms with E-state index in [1.165, 1.54) is 5.56 Å². The van der Waals surface area contributed by atoms with E-state index in [-0.39, 0.29) is 0 Å². The summed E-state index contributed by atoms with van der Waals surface area (Å²) in [6, 6.07) is 15.6. The average molecular weight is 549 g/mol. The first kappa shape index (κ1) is 29.6. The third-order valence-corrected chi connectivity index (χ3v) is 6.96. The molecule has 4 rings (SSSR count). The van der Waals surface area contributed by atoms with E-state index in [0.717, 1.165) is 60.7 Å². The van der Waals surface area contributed by atoms with Crippen molar-refractivity contribution in [1.29, 1.82) is 0 Å². The van der Waals surface area contributed by atoms with Crippen molar-refractivity contribution >= 4 is 11.7 Å². The molecule has 3 aromatic rings. The van der Waals surface area contributed by atoms with Gasteiger partial charge in [0.25, 0.3) is 0 Å². The second-order valence-electron chi connectivity index (χ2n) is 10.2. The van der Waals surface area contributed by atoms with Gasteiger partial charge < -0.3 is 30.5 Å². The summed E-state index contributed by atoms with van der Waals surface area (Å²) < 4.78 is 5.52. The zero-order valence-corrected chi connectivity index (χ0v) is 23.1. The largest absolute Gasteiger partial charge is 0.480 e. The number of rotatable bonds is 14. The third kappa shape index (κ3) is 8.54. The van der Waals surface area contributed by atoms with E-state index in [9.17, 15) is 15.0 Å². The highest BCUT2D eigenvalue weighted by Crippen LogP contribution is 2.23. The minimum atomic E-state index is -1.08. The van der Waals surface area contributed by atoms with E-state index >= 15 is 0 Å². The van der Waals surface area contributed by atoms with E-state index in [1.807, 2.05) is 12.1 Å². The maximum absolute atomic E-state index is 11.4. The van der Waals surface area contributed by atoms with Crippen LogP contribution in [0.25, 0.3) is 11.3 Å². The first-order chi connectivity index (χ1) is 19.4. The Kier molecular flexibility index (Phi) is 11.0. The molecule has 10 heteroatoms. The molecule has 1 saturated heterocycles. The number of hydrogen-bond donors (Lipinski definition) is 4. The lowest BCUT2D eigenvalue weighted by atomic mass is 10.0. The quantitative estimate of drug-likeness (QED) is 0.236. The Morgan fingerprint density at radius 3 is 2.58 bits per heavy atom. The Morgan fingerprint density at radius 1 is 1.12 bits per heavy atom. The Hall–Kier alpha value is -3.41. The zero-order valence-electron chi connectivity index (χ0n) is 23.1. The van der Waals surface area contributed by atoms with Gasteiger partial charge in [-0.3, -0.25) is 10.1 Å². The molecule has 1 unspecified atom stereocenters. The summed E-state index contributed by atoms with van der Waals surface area (Å²) in [4.78, 5) is 25.3. The lowest BCUT2D eigenvalue weighted by Crippen LogP contribution is -2.39. The number of carboxylic acid groups (broad SMARTS) is 1. The van der Waals surface area contributed by atoms with E-state index in [0.29, 0.717) is 38.5 Å². The first-order valence-corrected chi connectivity index (χ1v) is 13.8. The van der Waals surface area contributed by atoms with Crippen LogP contribution in [0.4, 0.5) is 5.69 Å². The van der Waals surface area contributed by atoms with Crippen LogP contribution in [0.2, 0.25) is 0 Å². The minimum Gasteiger partial charge on any atom is -0.480 e. The molecule has 1 atom stereocenters. The van der Waals surface area contributed by atoms with Crippen LogP contribution in [-0.2, 0) is 29.0 Å². The number of hydrogen-bond acceptors (Lipinski definition) is 9. The van der Waals surface area contributed by atoms with Crippen molar-refractivity contribution in [3.63, 3.8) is 0 Å². The molecule has 0 aliphatic carbocycles. The van der Waals surface area contributed by atoms with Gasteiger partial charge in [0.2, 0.25) is 0 Å². The van der Waals surface area contributed by atoms with E-state index in [1.54, 1.807) is 6.20 Å². The van der Waals surface area contributed by atoms with E-state index < -0.39 is 18.6 Å². The number of morpholine rings is 1. The van der Waals surface area contributed by atoms with Gasteiger partial charge >= 0.3 is 5.97 Å². The van der Waals surface area contributed by atoms with Crippen LogP contribution in [-0.4, -0.2) is 90.1 Å². The smallest absolute Gasteiger partial charge is 0.323 e. The zero-order chi connectivity index (χ0) is 28.3. The number of aliphatic hydroxyl groups is 1. The Bertz CT molecular complexity index is 1230. The number of benzene rings is 2. The van der Waals surface area contributed by atoms with Gasteiger partial charge in [0.05, 0.1) is 25.5 Å². The summed E-state index contributed by atoms with van der Waals surface area (Å²) in [5.41, 5.74) is 11.8. The Morgan fingerprint density at radius 2 is 1.88 bits per heavy atom. The number of carboxylic acids is 1.